The minimum Gasteiger partial charge on any atom is -0.449 e. The third-order valence-electron chi connectivity index (χ3n) is 5.19. The van der Waals surface area contributed by atoms with Gasteiger partial charge < -0.3 is 10.1 Å². The van der Waals surface area contributed by atoms with Gasteiger partial charge in [-0.1, -0.05) is 82.7 Å². The maximum atomic E-state index is 13.0. The molecule has 1 atom stereocenters. The molecule has 0 aliphatic heterocycles. The summed E-state index contributed by atoms with van der Waals surface area (Å²) in [4.78, 5) is 42.5. The Bertz CT molecular complexity index is 1330. The molecule has 7 heteroatoms. The number of Topliss-reactive ketones (excluding diaryl/α,β-unsaturated/α-hetero) is 1. The van der Waals surface area contributed by atoms with E-state index in [4.69, 9.17) is 4.74 Å². The van der Waals surface area contributed by atoms with Gasteiger partial charge in [0.1, 0.15) is 0 Å². The van der Waals surface area contributed by atoms with Crippen molar-refractivity contribution >= 4 is 50.2 Å². The van der Waals surface area contributed by atoms with Crippen LogP contribution in [-0.4, -0.2) is 22.6 Å². The Labute approximate surface area is 205 Å². The molecule has 1 amide bonds. The number of hydrogen-bond acceptors (Lipinski definition) is 5. The summed E-state index contributed by atoms with van der Waals surface area (Å²) in [6, 6.07) is 24.8. The second-order valence-electron chi connectivity index (χ2n) is 7.55. The van der Waals surface area contributed by atoms with E-state index in [0.29, 0.717) is 22.3 Å². The number of ether oxygens (including phenoxy) is 1. The smallest absolute Gasteiger partial charge is 0.307 e. The fourth-order valence-corrected chi connectivity index (χ4v) is 3.96. The Morgan fingerprint density at radius 2 is 1.56 bits per heavy atom. The monoisotopic (exact) mass is 516 g/mol. The fourth-order valence-electron chi connectivity index (χ4n) is 3.51. The topological polar surface area (TPSA) is 85.4 Å². The molecule has 0 unspecified atom stereocenters. The van der Waals surface area contributed by atoms with Crippen LogP contribution in [0.3, 0.4) is 0 Å². The van der Waals surface area contributed by atoms with Crippen molar-refractivity contribution in [1.29, 1.82) is 0 Å². The van der Waals surface area contributed by atoms with E-state index in [0.717, 1.165) is 9.86 Å². The molecule has 3 aromatic carbocycles. The zero-order chi connectivity index (χ0) is 23.9. The van der Waals surface area contributed by atoms with Crippen LogP contribution in [0.15, 0.2) is 95.6 Å². The van der Waals surface area contributed by atoms with Crippen molar-refractivity contribution in [2.24, 2.45) is 0 Å². The van der Waals surface area contributed by atoms with E-state index in [2.05, 4.69) is 26.2 Å². The number of benzene rings is 3. The largest absolute Gasteiger partial charge is 0.449 e. The highest BCUT2D eigenvalue weighted by atomic mass is 79.9. The Balaban J connectivity index is 1.42. The van der Waals surface area contributed by atoms with Crippen LogP contribution < -0.4 is 5.32 Å². The number of anilines is 1. The van der Waals surface area contributed by atoms with Gasteiger partial charge in [0.05, 0.1) is 17.6 Å². The van der Waals surface area contributed by atoms with Crippen LogP contribution in [-0.2, 0) is 14.3 Å². The van der Waals surface area contributed by atoms with E-state index < -0.39 is 12.1 Å². The minimum absolute atomic E-state index is 0.0930. The first-order chi connectivity index (χ1) is 16.5. The standard InChI is InChI=1S/C27H21BrN2O4/c28-21-13-14-22(25-20(21)12-7-17-29-25)30-23(31)15-16-24(32)34-27(19-10-5-2-6-11-19)26(33)18-8-3-1-4-9-18/h1-14,17,27H,15-16H2,(H,30,31)/t27-/m1/s1. The summed E-state index contributed by atoms with van der Waals surface area (Å²) in [7, 11) is 0. The molecule has 0 aliphatic carbocycles. The number of pyridine rings is 1. The summed E-state index contributed by atoms with van der Waals surface area (Å²) in [6.45, 7) is 0. The highest BCUT2D eigenvalue weighted by molar-refractivity contribution is 9.10. The van der Waals surface area contributed by atoms with Gasteiger partial charge >= 0.3 is 5.97 Å². The molecule has 34 heavy (non-hydrogen) atoms. The molecule has 1 N–H and O–H groups in total. The maximum absolute atomic E-state index is 13.0. The number of esters is 1. The number of amides is 1. The molecular weight excluding hydrogens is 496 g/mol. The Morgan fingerprint density at radius 3 is 2.29 bits per heavy atom. The first kappa shape index (κ1) is 23.3. The van der Waals surface area contributed by atoms with Gasteiger partial charge in [0, 0.05) is 33.6 Å². The molecule has 0 aliphatic rings. The molecule has 170 valence electrons. The molecule has 1 heterocycles. The quantitative estimate of drug-likeness (QED) is 0.233. The molecule has 0 spiro atoms. The molecule has 4 aromatic rings. The lowest BCUT2D eigenvalue weighted by molar-refractivity contribution is -0.148. The summed E-state index contributed by atoms with van der Waals surface area (Å²) in [5, 5.41) is 3.67. The predicted octanol–water partition coefficient (Wildman–Crippen LogP) is 5.88. The lowest BCUT2D eigenvalue weighted by atomic mass is 10.00. The fraction of sp³-hybridized carbons (Fsp3) is 0.111. The molecule has 6 nitrogen and oxygen atoms in total. The van der Waals surface area contributed by atoms with Crippen LogP contribution in [0.4, 0.5) is 5.69 Å². The van der Waals surface area contributed by atoms with Crippen LogP contribution in [0.5, 0.6) is 0 Å². The van der Waals surface area contributed by atoms with Gasteiger partial charge in [-0.25, -0.2) is 0 Å². The van der Waals surface area contributed by atoms with Gasteiger partial charge in [0.2, 0.25) is 11.7 Å². The summed E-state index contributed by atoms with van der Waals surface area (Å²) < 4.78 is 6.42. The van der Waals surface area contributed by atoms with E-state index in [1.54, 1.807) is 60.8 Å². The van der Waals surface area contributed by atoms with Crippen LogP contribution >= 0.6 is 15.9 Å². The van der Waals surface area contributed by atoms with E-state index in [1.165, 1.54) is 0 Å². The van der Waals surface area contributed by atoms with Gasteiger partial charge in [-0.3, -0.25) is 19.4 Å². The summed E-state index contributed by atoms with van der Waals surface area (Å²) >= 11 is 3.48. The summed E-state index contributed by atoms with van der Waals surface area (Å²) in [5.41, 5.74) is 2.21. The maximum Gasteiger partial charge on any atom is 0.307 e. The van der Waals surface area contributed by atoms with E-state index in [9.17, 15) is 14.4 Å². The number of ketones is 1. The third kappa shape index (κ3) is 5.55. The number of rotatable bonds is 8. The number of aromatic nitrogens is 1. The molecule has 0 radical (unpaired) electrons. The van der Waals surface area contributed by atoms with Crippen molar-refractivity contribution < 1.29 is 19.1 Å². The Hall–Kier alpha value is -3.84. The first-order valence-electron chi connectivity index (χ1n) is 10.7. The number of hydrogen-bond donors (Lipinski definition) is 1. The van der Waals surface area contributed by atoms with Crippen LogP contribution in [0, 0.1) is 0 Å². The van der Waals surface area contributed by atoms with Gasteiger partial charge in [-0.2, -0.15) is 0 Å². The van der Waals surface area contributed by atoms with Crippen molar-refractivity contribution in [1.82, 2.24) is 4.98 Å². The predicted molar refractivity (Wildman–Crippen MR) is 133 cm³/mol. The van der Waals surface area contributed by atoms with Crippen molar-refractivity contribution in [2.75, 3.05) is 5.32 Å². The molecule has 0 fully saturated rings. The number of carbonyl (C=O) groups is 3. The zero-order valence-electron chi connectivity index (χ0n) is 18.1. The third-order valence-corrected chi connectivity index (χ3v) is 5.89. The number of nitrogens with one attached hydrogen (secondary N) is 1. The van der Waals surface area contributed by atoms with Crippen molar-refractivity contribution in [2.45, 2.75) is 18.9 Å². The highest BCUT2D eigenvalue weighted by Gasteiger charge is 2.26. The first-order valence-corrected chi connectivity index (χ1v) is 11.5. The van der Waals surface area contributed by atoms with Crippen molar-refractivity contribution in [3.63, 3.8) is 0 Å². The van der Waals surface area contributed by atoms with Gasteiger partial charge in [-0.05, 0) is 18.2 Å². The van der Waals surface area contributed by atoms with Gasteiger partial charge in [-0.15, -0.1) is 0 Å². The Kier molecular flexibility index (Phi) is 7.44. The normalized spacial score (nSPS) is 11.6. The molecular formula is C27H21BrN2O4. The van der Waals surface area contributed by atoms with Gasteiger partial charge in [0.25, 0.3) is 0 Å². The highest BCUT2D eigenvalue weighted by Crippen LogP contribution is 2.28. The summed E-state index contributed by atoms with van der Waals surface area (Å²) in [5.74, 6) is -1.30. The zero-order valence-corrected chi connectivity index (χ0v) is 19.7. The number of carbonyl (C=O) groups excluding carboxylic acids is 3. The second kappa shape index (κ2) is 10.9. The number of halogens is 1. The van der Waals surface area contributed by atoms with E-state index in [1.807, 2.05) is 30.3 Å². The lowest BCUT2D eigenvalue weighted by Gasteiger charge is -2.17. The molecule has 0 bridgehead atoms. The number of nitrogens with zero attached hydrogens (tertiary/aromatic N) is 1. The van der Waals surface area contributed by atoms with E-state index in [-0.39, 0.29) is 24.5 Å². The van der Waals surface area contributed by atoms with E-state index >= 15 is 0 Å². The minimum atomic E-state index is -1.08. The Morgan fingerprint density at radius 1 is 0.853 bits per heavy atom. The van der Waals surface area contributed by atoms with Gasteiger partial charge in [0.15, 0.2) is 6.10 Å². The van der Waals surface area contributed by atoms with Crippen molar-refractivity contribution in [3.05, 3.63) is 107 Å². The van der Waals surface area contributed by atoms with Crippen LogP contribution in [0.1, 0.15) is 34.9 Å². The molecule has 1 aromatic heterocycles. The average Bonchev–Trinajstić information content (AvgIpc) is 2.88. The molecule has 0 saturated carbocycles. The number of fused-ring (bicyclic) bond motifs is 1. The van der Waals surface area contributed by atoms with Crippen LogP contribution in [0.25, 0.3) is 10.9 Å². The summed E-state index contributed by atoms with van der Waals surface area (Å²) in [6.07, 6.45) is 0.303. The average molecular weight is 517 g/mol. The molecule has 4 rings (SSSR count). The SMILES string of the molecule is O=C(CCC(=O)O[C@@H](C(=O)c1ccccc1)c1ccccc1)Nc1ccc(Br)c2cccnc12. The second-order valence-corrected chi connectivity index (χ2v) is 8.41. The lowest BCUT2D eigenvalue weighted by Crippen LogP contribution is -2.21. The van der Waals surface area contributed by atoms with Crippen molar-refractivity contribution in [3.8, 4) is 0 Å². The molecule has 0 saturated heterocycles. The van der Waals surface area contributed by atoms with Crippen LogP contribution in [0.2, 0.25) is 0 Å².